The highest BCUT2D eigenvalue weighted by atomic mass is 16.5. The Morgan fingerprint density at radius 1 is 1.08 bits per heavy atom. The maximum Gasteiger partial charge on any atom is 0.228 e. The maximum atomic E-state index is 12.7. The third-order valence-corrected chi connectivity index (χ3v) is 4.45. The topological polar surface area (TPSA) is 47.6 Å². The smallest absolute Gasteiger partial charge is 0.228 e. The van der Waals surface area contributed by atoms with E-state index >= 15 is 0 Å². The molecule has 4 heteroatoms. The molecule has 1 fully saturated rings. The van der Waals surface area contributed by atoms with Gasteiger partial charge in [-0.1, -0.05) is 36.4 Å². The summed E-state index contributed by atoms with van der Waals surface area (Å²) in [5, 5.41) is 3.07. The number of methoxy groups -OCH3 is 2. The average Bonchev–Trinajstić information content (AvgIpc) is 3.45. The largest absolute Gasteiger partial charge is 0.493 e. The number of amides is 1. The van der Waals surface area contributed by atoms with Gasteiger partial charge in [0, 0.05) is 6.54 Å². The predicted octanol–water partition coefficient (Wildman–Crippen LogP) is 3.51. The molecule has 1 unspecified atom stereocenters. The van der Waals surface area contributed by atoms with Gasteiger partial charge in [0.1, 0.15) is 0 Å². The van der Waals surface area contributed by atoms with Gasteiger partial charge < -0.3 is 14.8 Å². The third-order valence-electron chi connectivity index (χ3n) is 4.45. The summed E-state index contributed by atoms with van der Waals surface area (Å²) in [5.74, 6) is 1.88. The normalized spacial score (nSPS) is 14.8. The van der Waals surface area contributed by atoms with Crippen molar-refractivity contribution in [1.29, 1.82) is 0 Å². The number of ether oxygens (including phenoxy) is 2. The first-order chi connectivity index (χ1) is 11.7. The highest BCUT2D eigenvalue weighted by Crippen LogP contribution is 2.42. The number of hydrogen-bond acceptors (Lipinski definition) is 3. The van der Waals surface area contributed by atoms with E-state index in [2.05, 4.69) is 5.32 Å². The molecule has 0 heterocycles. The van der Waals surface area contributed by atoms with Crippen LogP contribution in [0.4, 0.5) is 0 Å². The van der Waals surface area contributed by atoms with Gasteiger partial charge in [-0.15, -0.1) is 0 Å². The van der Waals surface area contributed by atoms with Crippen molar-refractivity contribution in [2.45, 2.75) is 25.3 Å². The van der Waals surface area contributed by atoms with Crippen molar-refractivity contribution in [2.75, 3.05) is 14.2 Å². The molecule has 1 aliphatic carbocycles. The Labute approximate surface area is 142 Å². The lowest BCUT2D eigenvalue weighted by atomic mass is 9.93. The lowest BCUT2D eigenvalue weighted by molar-refractivity contribution is -0.123. The van der Waals surface area contributed by atoms with Crippen LogP contribution in [0.1, 0.15) is 29.9 Å². The summed E-state index contributed by atoms with van der Waals surface area (Å²) in [6.07, 6.45) is 2.26. The summed E-state index contributed by atoms with van der Waals surface area (Å²) in [7, 11) is 3.22. The standard InChI is InChI=1S/C20H23NO3/c1-23-17-11-8-14(12-18(17)24-2)13-21-20(22)19(16-9-10-16)15-6-4-3-5-7-15/h3-8,11-12,16,19H,9-10,13H2,1-2H3,(H,21,22). The zero-order valence-electron chi connectivity index (χ0n) is 14.1. The Morgan fingerprint density at radius 3 is 2.42 bits per heavy atom. The molecule has 1 aliphatic rings. The van der Waals surface area contributed by atoms with Gasteiger partial charge in [-0.05, 0) is 42.0 Å². The minimum absolute atomic E-state index is 0.0497. The summed E-state index contributed by atoms with van der Waals surface area (Å²) in [4.78, 5) is 12.7. The molecule has 0 aliphatic heterocycles. The molecule has 24 heavy (non-hydrogen) atoms. The zero-order valence-corrected chi connectivity index (χ0v) is 14.1. The summed E-state index contributed by atoms with van der Waals surface area (Å²) in [6.45, 7) is 0.481. The number of benzene rings is 2. The van der Waals surface area contributed by atoms with E-state index < -0.39 is 0 Å². The van der Waals surface area contributed by atoms with Gasteiger partial charge in [-0.2, -0.15) is 0 Å². The fraction of sp³-hybridized carbons (Fsp3) is 0.350. The zero-order chi connectivity index (χ0) is 16.9. The van der Waals surface area contributed by atoms with Crippen LogP contribution < -0.4 is 14.8 Å². The Kier molecular flexibility index (Phi) is 5.04. The minimum atomic E-state index is -0.0497. The van der Waals surface area contributed by atoms with Gasteiger partial charge in [-0.25, -0.2) is 0 Å². The Hall–Kier alpha value is -2.49. The van der Waals surface area contributed by atoms with E-state index in [1.165, 1.54) is 0 Å². The number of hydrogen-bond donors (Lipinski definition) is 1. The van der Waals surface area contributed by atoms with Crippen molar-refractivity contribution in [1.82, 2.24) is 5.32 Å². The van der Waals surface area contributed by atoms with Crippen molar-refractivity contribution >= 4 is 5.91 Å². The first kappa shape index (κ1) is 16.4. The van der Waals surface area contributed by atoms with Gasteiger partial charge in [0.15, 0.2) is 11.5 Å². The molecular formula is C20H23NO3. The predicted molar refractivity (Wildman–Crippen MR) is 93.3 cm³/mol. The van der Waals surface area contributed by atoms with E-state index in [0.717, 1.165) is 24.0 Å². The maximum absolute atomic E-state index is 12.7. The van der Waals surface area contributed by atoms with Gasteiger partial charge in [0.2, 0.25) is 5.91 Å². The van der Waals surface area contributed by atoms with Crippen LogP contribution in [0.15, 0.2) is 48.5 Å². The van der Waals surface area contributed by atoms with Crippen molar-refractivity contribution in [2.24, 2.45) is 5.92 Å². The Morgan fingerprint density at radius 2 is 1.79 bits per heavy atom. The van der Waals surface area contributed by atoms with E-state index in [-0.39, 0.29) is 11.8 Å². The number of rotatable bonds is 7. The highest BCUT2D eigenvalue weighted by molar-refractivity contribution is 5.84. The second kappa shape index (κ2) is 7.39. The highest BCUT2D eigenvalue weighted by Gasteiger charge is 2.36. The molecule has 0 spiro atoms. The fourth-order valence-electron chi connectivity index (χ4n) is 3.02. The molecule has 1 amide bonds. The van der Waals surface area contributed by atoms with Crippen molar-refractivity contribution in [3.63, 3.8) is 0 Å². The summed E-state index contributed by atoms with van der Waals surface area (Å²) in [5.41, 5.74) is 2.09. The van der Waals surface area contributed by atoms with Crippen LogP contribution in [0.25, 0.3) is 0 Å². The van der Waals surface area contributed by atoms with Gasteiger partial charge >= 0.3 is 0 Å². The van der Waals surface area contributed by atoms with E-state index in [9.17, 15) is 4.79 Å². The van der Waals surface area contributed by atoms with Crippen LogP contribution >= 0.6 is 0 Å². The summed E-state index contributed by atoms with van der Waals surface area (Å²) >= 11 is 0. The van der Waals surface area contributed by atoms with Crippen LogP contribution in [0.5, 0.6) is 11.5 Å². The lowest BCUT2D eigenvalue weighted by Crippen LogP contribution is -2.30. The number of carbonyl (C=O) groups is 1. The molecule has 3 rings (SSSR count). The Balaban J connectivity index is 1.68. The molecule has 126 valence electrons. The van der Waals surface area contributed by atoms with E-state index in [1.807, 2.05) is 48.5 Å². The molecule has 1 atom stereocenters. The number of nitrogens with one attached hydrogen (secondary N) is 1. The molecule has 1 saturated carbocycles. The molecule has 1 N–H and O–H groups in total. The molecule has 0 bridgehead atoms. The average molecular weight is 325 g/mol. The third kappa shape index (κ3) is 3.70. The number of carbonyl (C=O) groups excluding carboxylic acids is 1. The quantitative estimate of drug-likeness (QED) is 0.847. The fourth-order valence-corrected chi connectivity index (χ4v) is 3.02. The molecule has 0 aromatic heterocycles. The molecule has 2 aromatic rings. The van der Waals surface area contributed by atoms with Crippen LogP contribution in [0, 0.1) is 5.92 Å². The molecule has 0 radical (unpaired) electrons. The second-order valence-corrected chi connectivity index (χ2v) is 6.13. The molecular weight excluding hydrogens is 302 g/mol. The van der Waals surface area contributed by atoms with Crippen LogP contribution in [0.3, 0.4) is 0 Å². The van der Waals surface area contributed by atoms with Crippen molar-refractivity contribution in [3.05, 3.63) is 59.7 Å². The van der Waals surface area contributed by atoms with E-state index in [4.69, 9.17) is 9.47 Å². The summed E-state index contributed by atoms with van der Waals surface area (Å²) < 4.78 is 10.6. The molecule has 4 nitrogen and oxygen atoms in total. The minimum Gasteiger partial charge on any atom is -0.493 e. The lowest BCUT2D eigenvalue weighted by Gasteiger charge is -2.17. The van der Waals surface area contributed by atoms with Crippen LogP contribution in [-0.2, 0) is 11.3 Å². The first-order valence-corrected chi connectivity index (χ1v) is 8.26. The van der Waals surface area contributed by atoms with E-state index in [0.29, 0.717) is 24.0 Å². The van der Waals surface area contributed by atoms with Crippen molar-refractivity contribution in [3.8, 4) is 11.5 Å². The SMILES string of the molecule is COc1ccc(CNC(=O)C(c2ccccc2)C2CC2)cc1OC. The Bertz CT molecular complexity index is 695. The van der Waals surface area contributed by atoms with Crippen molar-refractivity contribution < 1.29 is 14.3 Å². The van der Waals surface area contributed by atoms with E-state index in [1.54, 1.807) is 14.2 Å². The summed E-state index contributed by atoms with van der Waals surface area (Å²) in [6, 6.07) is 15.7. The van der Waals surface area contributed by atoms with Gasteiger partial charge in [0.05, 0.1) is 20.1 Å². The monoisotopic (exact) mass is 325 g/mol. The first-order valence-electron chi connectivity index (χ1n) is 8.26. The molecule has 0 saturated heterocycles. The van der Waals surface area contributed by atoms with Gasteiger partial charge in [-0.3, -0.25) is 4.79 Å². The van der Waals surface area contributed by atoms with Crippen LogP contribution in [0.2, 0.25) is 0 Å². The molecule has 2 aromatic carbocycles. The van der Waals surface area contributed by atoms with Crippen LogP contribution in [-0.4, -0.2) is 20.1 Å². The second-order valence-electron chi connectivity index (χ2n) is 6.13. The van der Waals surface area contributed by atoms with Gasteiger partial charge in [0.25, 0.3) is 0 Å².